The largest absolute Gasteiger partial charge is 0.496 e. The molecule has 1 aromatic carbocycles. The van der Waals surface area contributed by atoms with Crippen LogP contribution in [0.3, 0.4) is 0 Å². The fourth-order valence-electron chi connectivity index (χ4n) is 3.00. The highest BCUT2D eigenvalue weighted by molar-refractivity contribution is 7.13. The van der Waals surface area contributed by atoms with E-state index in [1.807, 2.05) is 24.3 Å². The van der Waals surface area contributed by atoms with Crippen molar-refractivity contribution in [1.82, 2.24) is 9.88 Å². The van der Waals surface area contributed by atoms with E-state index in [1.54, 1.807) is 18.4 Å². The van der Waals surface area contributed by atoms with Crippen molar-refractivity contribution in [3.8, 4) is 16.3 Å². The van der Waals surface area contributed by atoms with Crippen LogP contribution in [-0.2, 0) is 6.54 Å². The van der Waals surface area contributed by atoms with Crippen LogP contribution in [0.2, 0.25) is 0 Å². The lowest BCUT2D eigenvalue weighted by atomic mass is 9.99. The molecule has 1 aliphatic heterocycles. The molecule has 1 fully saturated rings. The Labute approximate surface area is 135 Å². The number of benzene rings is 1. The Balaban J connectivity index is 1.71. The van der Waals surface area contributed by atoms with E-state index >= 15 is 0 Å². The lowest BCUT2D eigenvalue weighted by Crippen LogP contribution is -2.36. The average Bonchev–Trinajstić information content (AvgIpc) is 3.03. The molecular formula is C17H22N2O2S. The summed E-state index contributed by atoms with van der Waals surface area (Å²) in [4.78, 5) is 7.16. The van der Waals surface area contributed by atoms with Gasteiger partial charge in [0.25, 0.3) is 0 Å². The molecule has 118 valence electrons. The maximum Gasteiger partial charge on any atom is 0.129 e. The number of ether oxygens (including phenoxy) is 1. The first kappa shape index (κ1) is 15.5. The first-order valence-corrected chi connectivity index (χ1v) is 8.59. The summed E-state index contributed by atoms with van der Waals surface area (Å²) in [6, 6.07) is 7.99. The first-order valence-electron chi connectivity index (χ1n) is 7.71. The van der Waals surface area contributed by atoms with Gasteiger partial charge in [-0.1, -0.05) is 12.1 Å². The molecule has 2 heterocycles. The van der Waals surface area contributed by atoms with E-state index in [4.69, 9.17) is 9.72 Å². The van der Waals surface area contributed by atoms with Crippen molar-refractivity contribution >= 4 is 11.3 Å². The van der Waals surface area contributed by atoms with E-state index in [0.29, 0.717) is 12.5 Å². The van der Waals surface area contributed by atoms with Crippen molar-refractivity contribution in [1.29, 1.82) is 0 Å². The van der Waals surface area contributed by atoms with E-state index in [2.05, 4.69) is 10.3 Å². The Kier molecular flexibility index (Phi) is 5.08. The molecule has 4 nitrogen and oxygen atoms in total. The van der Waals surface area contributed by atoms with E-state index in [-0.39, 0.29) is 0 Å². The van der Waals surface area contributed by atoms with Gasteiger partial charge in [-0.2, -0.15) is 0 Å². The summed E-state index contributed by atoms with van der Waals surface area (Å²) in [5.74, 6) is 1.28. The highest BCUT2D eigenvalue weighted by atomic mass is 32.1. The standard InChI is InChI=1S/C17H22N2O2S/c1-21-16-7-3-2-6-15(16)17-18-14(12-22-17)10-19-8-4-5-13(9-19)11-20/h2-3,6-7,12-13,20H,4-5,8-11H2,1H3. The molecule has 1 unspecified atom stereocenters. The molecule has 0 saturated carbocycles. The van der Waals surface area contributed by atoms with Crippen molar-refractivity contribution < 1.29 is 9.84 Å². The van der Waals surface area contributed by atoms with Crippen LogP contribution in [0.4, 0.5) is 0 Å². The van der Waals surface area contributed by atoms with E-state index < -0.39 is 0 Å². The summed E-state index contributed by atoms with van der Waals surface area (Å²) in [6.07, 6.45) is 2.30. The number of rotatable bonds is 5. The molecule has 5 heteroatoms. The summed E-state index contributed by atoms with van der Waals surface area (Å²) in [7, 11) is 1.69. The van der Waals surface area contributed by atoms with Crippen molar-refractivity contribution in [2.24, 2.45) is 5.92 Å². The zero-order chi connectivity index (χ0) is 15.4. The molecule has 0 spiro atoms. The molecule has 0 aliphatic carbocycles. The predicted molar refractivity (Wildman–Crippen MR) is 89.2 cm³/mol. The maximum atomic E-state index is 9.33. The molecule has 0 radical (unpaired) electrons. The van der Waals surface area contributed by atoms with Gasteiger partial charge in [0.05, 0.1) is 18.4 Å². The molecule has 3 rings (SSSR count). The van der Waals surface area contributed by atoms with Gasteiger partial charge < -0.3 is 9.84 Å². The van der Waals surface area contributed by atoms with Gasteiger partial charge in [0.1, 0.15) is 10.8 Å². The first-order chi connectivity index (χ1) is 10.8. The van der Waals surface area contributed by atoms with Gasteiger partial charge in [0.2, 0.25) is 0 Å². The molecule has 1 aromatic heterocycles. The van der Waals surface area contributed by atoms with Crippen molar-refractivity contribution in [3.63, 3.8) is 0 Å². The van der Waals surface area contributed by atoms with Gasteiger partial charge >= 0.3 is 0 Å². The van der Waals surface area contributed by atoms with E-state index in [0.717, 1.165) is 54.5 Å². The smallest absolute Gasteiger partial charge is 0.129 e. The van der Waals surface area contributed by atoms with Gasteiger partial charge in [0.15, 0.2) is 0 Å². The zero-order valence-electron chi connectivity index (χ0n) is 12.9. The van der Waals surface area contributed by atoms with Crippen LogP contribution in [-0.4, -0.2) is 41.8 Å². The van der Waals surface area contributed by atoms with Gasteiger partial charge in [-0.3, -0.25) is 4.90 Å². The Morgan fingerprint density at radius 3 is 3.09 bits per heavy atom. The highest BCUT2D eigenvalue weighted by Gasteiger charge is 2.20. The van der Waals surface area contributed by atoms with Crippen LogP contribution >= 0.6 is 11.3 Å². The van der Waals surface area contributed by atoms with Gasteiger partial charge in [-0.05, 0) is 37.4 Å². The monoisotopic (exact) mass is 318 g/mol. The number of likely N-dealkylation sites (tertiary alicyclic amines) is 1. The number of para-hydroxylation sites is 1. The van der Waals surface area contributed by atoms with Crippen molar-refractivity contribution in [2.75, 3.05) is 26.8 Å². The molecular weight excluding hydrogens is 296 g/mol. The Morgan fingerprint density at radius 2 is 2.27 bits per heavy atom. The quantitative estimate of drug-likeness (QED) is 0.920. The SMILES string of the molecule is COc1ccccc1-c1nc(CN2CCCC(CO)C2)cs1. The molecule has 0 bridgehead atoms. The number of nitrogens with zero attached hydrogens (tertiary/aromatic N) is 2. The van der Waals surface area contributed by atoms with Gasteiger partial charge in [-0.15, -0.1) is 11.3 Å². The third-order valence-electron chi connectivity index (χ3n) is 4.14. The third kappa shape index (κ3) is 3.48. The van der Waals surface area contributed by atoms with Crippen LogP contribution in [0.5, 0.6) is 5.75 Å². The summed E-state index contributed by atoms with van der Waals surface area (Å²) in [6.45, 7) is 3.22. The maximum absolute atomic E-state index is 9.33. The molecule has 22 heavy (non-hydrogen) atoms. The minimum absolute atomic E-state index is 0.292. The third-order valence-corrected chi connectivity index (χ3v) is 5.06. The number of aromatic nitrogens is 1. The second-order valence-electron chi connectivity index (χ2n) is 5.77. The van der Waals surface area contributed by atoms with Gasteiger partial charge in [-0.25, -0.2) is 4.98 Å². The molecule has 1 atom stereocenters. The van der Waals surface area contributed by atoms with Crippen LogP contribution in [0.25, 0.3) is 10.6 Å². The van der Waals surface area contributed by atoms with Crippen LogP contribution in [0, 0.1) is 5.92 Å². The lowest BCUT2D eigenvalue weighted by Gasteiger charge is -2.31. The number of hydrogen-bond acceptors (Lipinski definition) is 5. The topological polar surface area (TPSA) is 45.6 Å². The number of aliphatic hydroxyl groups is 1. The summed E-state index contributed by atoms with van der Waals surface area (Å²) < 4.78 is 5.42. The minimum atomic E-state index is 0.292. The Morgan fingerprint density at radius 1 is 1.41 bits per heavy atom. The predicted octanol–water partition coefficient (Wildman–Crippen LogP) is 3.02. The minimum Gasteiger partial charge on any atom is -0.496 e. The van der Waals surface area contributed by atoms with Crippen LogP contribution in [0.1, 0.15) is 18.5 Å². The molecule has 0 amide bonds. The number of hydrogen-bond donors (Lipinski definition) is 1. The number of aliphatic hydroxyl groups excluding tert-OH is 1. The summed E-state index contributed by atoms with van der Waals surface area (Å²) in [5, 5.41) is 12.5. The molecule has 1 aliphatic rings. The number of piperidine rings is 1. The van der Waals surface area contributed by atoms with Gasteiger partial charge in [0, 0.05) is 25.1 Å². The molecule has 1 N–H and O–H groups in total. The average molecular weight is 318 g/mol. The zero-order valence-corrected chi connectivity index (χ0v) is 13.7. The highest BCUT2D eigenvalue weighted by Crippen LogP contribution is 2.32. The van der Waals surface area contributed by atoms with Crippen molar-refractivity contribution in [2.45, 2.75) is 19.4 Å². The normalized spacial score (nSPS) is 19.3. The lowest BCUT2D eigenvalue weighted by molar-refractivity contribution is 0.115. The van der Waals surface area contributed by atoms with E-state index in [1.165, 1.54) is 0 Å². The second-order valence-corrected chi connectivity index (χ2v) is 6.63. The second kappa shape index (κ2) is 7.22. The van der Waals surface area contributed by atoms with Crippen molar-refractivity contribution in [3.05, 3.63) is 35.3 Å². The van der Waals surface area contributed by atoms with Crippen LogP contribution in [0.15, 0.2) is 29.6 Å². The summed E-state index contributed by atoms with van der Waals surface area (Å²) in [5.41, 5.74) is 2.15. The summed E-state index contributed by atoms with van der Waals surface area (Å²) >= 11 is 1.66. The van der Waals surface area contributed by atoms with Crippen LogP contribution < -0.4 is 4.74 Å². The number of methoxy groups -OCH3 is 1. The fourth-order valence-corrected chi connectivity index (χ4v) is 3.84. The van der Waals surface area contributed by atoms with E-state index in [9.17, 15) is 5.11 Å². The fraction of sp³-hybridized carbons (Fsp3) is 0.471. The molecule has 1 saturated heterocycles. The molecule has 2 aromatic rings. The Bertz CT molecular complexity index is 614. The number of thiazole rings is 1. The Hall–Kier alpha value is -1.43.